The standard InChI is InChI=1S/C14H24N2O2/c1-3-7-18-14-10-12(15)9-13(11-14)16-6-4-5-8-17-2/h9-11,16H,3-8,15H2,1-2H3. The predicted molar refractivity (Wildman–Crippen MR) is 76.2 cm³/mol. The van der Waals surface area contributed by atoms with Crippen LogP contribution in [0.4, 0.5) is 11.4 Å². The molecule has 0 aliphatic carbocycles. The lowest BCUT2D eigenvalue weighted by atomic mass is 10.2. The molecule has 0 amide bonds. The highest BCUT2D eigenvalue weighted by molar-refractivity contribution is 5.59. The van der Waals surface area contributed by atoms with Crippen LogP contribution in [0.1, 0.15) is 26.2 Å². The van der Waals surface area contributed by atoms with E-state index >= 15 is 0 Å². The van der Waals surface area contributed by atoms with Crippen LogP contribution < -0.4 is 15.8 Å². The maximum atomic E-state index is 5.84. The Morgan fingerprint density at radius 3 is 2.72 bits per heavy atom. The van der Waals surface area contributed by atoms with Crippen molar-refractivity contribution in [1.29, 1.82) is 0 Å². The molecule has 0 heterocycles. The zero-order valence-corrected chi connectivity index (χ0v) is 11.4. The molecule has 0 aromatic heterocycles. The van der Waals surface area contributed by atoms with Gasteiger partial charge in [0.05, 0.1) is 6.61 Å². The van der Waals surface area contributed by atoms with Crippen LogP contribution in [-0.4, -0.2) is 26.9 Å². The summed E-state index contributed by atoms with van der Waals surface area (Å²) in [6.45, 7) is 4.53. The first-order valence-corrected chi connectivity index (χ1v) is 6.52. The molecule has 0 unspecified atom stereocenters. The Bertz CT molecular complexity index is 343. The van der Waals surface area contributed by atoms with E-state index in [1.807, 2.05) is 18.2 Å². The fraction of sp³-hybridized carbons (Fsp3) is 0.571. The van der Waals surface area contributed by atoms with Crippen LogP contribution in [0, 0.1) is 0 Å². The molecule has 0 bridgehead atoms. The van der Waals surface area contributed by atoms with Gasteiger partial charge in [0, 0.05) is 43.8 Å². The van der Waals surface area contributed by atoms with Gasteiger partial charge in [0.2, 0.25) is 0 Å². The van der Waals surface area contributed by atoms with E-state index in [2.05, 4.69) is 12.2 Å². The lowest BCUT2D eigenvalue weighted by molar-refractivity contribution is 0.194. The van der Waals surface area contributed by atoms with E-state index in [-0.39, 0.29) is 0 Å². The van der Waals surface area contributed by atoms with Gasteiger partial charge in [0.15, 0.2) is 0 Å². The maximum Gasteiger partial charge on any atom is 0.123 e. The van der Waals surface area contributed by atoms with Crippen molar-refractivity contribution in [1.82, 2.24) is 0 Å². The monoisotopic (exact) mass is 252 g/mol. The molecule has 0 aliphatic rings. The Morgan fingerprint density at radius 1 is 1.17 bits per heavy atom. The topological polar surface area (TPSA) is 56.5 Å². The number of benzene rings is 1. The minimum Gasteiger partial charge on any atom is -0.493 e. The van der Waals surface area contributed by atoms with E-state index in [9.17, 15) is 0 Å². The molecule has 0 fully saturated rings. The number of anilines is 2. The second-order valence-corrected chi connectivity index (χ2v) is 4.27. The highest BCUT2D eigenvalue weighted by atomic mass is 16.5. The SMILES string of the molecule is CCCOc1cc(N)cc(NCCCCOC)c1. The smallest absolute Gasteiger partial charge is 0.123 e. The zero-order chi connectivity index (χ0) is 13.2. The van der Waals surface area contributed by atoms with Gasteiger partial charge in [-0.25, -0.2) is 0 Å². The van der Waals surface area contributed by atoms with Gasteiger partial charge in [-0.2, -0.15) is 0 Å². The quantitative estimate of drug-likeness (QED) is 0.524. The van der Waals surface area contributed by atoms with Crippen molar-refractivity contribution in [2.75, 3.05) is 37.9 Å². The van der Waals surface area contributed by atoms with Crippen LogP contribution >= 0.6 is 0 Å². The number of nitrogens with two attached hydrogens (primary N) is 1. The van der Waals surface area contributed by atoms with E-state index in [0.29, 0.717) is 0 Å². The second-order valence-electron chi connectivity index (χ2n) is 4.27. The molecule has 1 rings (SSSR count). The number of unbranched alkanes of at least 4 members (excludes halogenated alkanes) is 1. The molecular weight excluding hydrogens is 228 g/mol. The lowest BCUT2D eigenvalue weighted by Crippen LogP contribution is -2.04. The van der Waals surface area contributed by atoms with Crippen molar-refractivity contribution in [2.45, 2.75) is 26.2 Å². The Balaban J connectivity index is 2.41. The number of rotatable bonds is 9. The van der Waals surface area contributed by atoms with Crippen LogP contribution in [0.3, 0.4) is 0 Å². The Kier molecular flexibility index (Phi) is 7.03. The van der Waals surface area contributed by atoms with E-state index in [4.69, 9.17) is 15.2 Å². The molecular formula is C14H24N2O2. The lowest BCUT2D eigenvalue weighted by Gasteiger charge is -2.10. The van der Waals surface area contributed by atoms with Crippen molar-refractivity contribution < 1.29 is 9.47 Å². The molecule has 0 aliphatic heterocycles. The van der Waals surface area contributed by atoms with Crippen LogP contribution in [0.2, 0.25) is 0 Å². The summed E-state index contributed by atoms with van der Waals surface area (Å²) in [6, 6.07) is 5.77. The van der Waals surface area contributed by atoms with Crippen molar-refractivity contribution >= 4 is 11.4 Å². The second kappa shape index (κ2) is 8.64. The largest absolute Gasteiger partial charge is 0.493 e. The molecule has 4 heteroatoms. The molecule has 3 N–H and O–H groups in total. The van der Waals surface area contributed by atoms with Gasteiger partial charge in [-0.05, 0) is 25.3 Å². The molecule has 0 saturated carbocycles. The summed E-state index contributed by atoms with van der Waals surface area (Å²) >= 11 is 0. The van der Waals surface area contributed by atoms with Crippen molar-refractivity contribution in [2.24, 2.45) is 0 Å². The Labute approximate surface area is 109 Å². The number of hydrogen-bond acceptors (Lipinski definition) is 4. The van der Waals surface area contributed by atoms with E-state index in [1.165, 1.54) is 0 Å². The summed E-state index contributed by atoms with van der Waals surface area (Å²) in [7, 11) is 1.72. The van der Waals surface area contributed by atoms with Gasteiger partial charge in [-0.1, -0.05) is 6.92 Å². The van der Waals surface area contributed by atoms with Crippen LogP contribution in [0.25, 0.3) is 0 Å². The number of nitrogens with one attached hydrogen (secondary N) is 1. The molecule has 1 aromatic carbocycles. The van der Waals surface area contributed by atoms with Crippen molar-refractivity contribution in [3.63, 3.8) is 0 Å². The maximum absolute atomic E-state index is 5.84. The molecule has 1 aromatic rings. The van der Waals surface area contributed by atoms with E-state index < -0.39 is 0 Å². The normalized spacial score (nSPS) is 10.3. The van der Waals surface area contributed by atoms with Crippen molar-refractivity contribution in [3.8, 4) is 5.75 Å². The zero-order valence-electron chi connectivity index (χ0n) is 11.4. The average molecular weight is 252 g/mol. The van der Waals surface area contributed by atoms with E-state index in [1.54, 1.807) is 7.11 Å². The highest BCUT2D eigenvalue weighted by Gasteiger charge is 1.99. The van der Waals surface area contributed by atoms with Gasteiger partial charge < -0.3 is 20.5 Å². The third kappa shape index (κ3) is 5.77. The minimum atomic E-state index is 0.719. The van der Waals surface area contributed by atoms with Gasteiger partial charge in [-0.15, -0.1) is 0 Å². The highest BCUT2D eigenvalue weighted by Crippen LogP contribution is 2.22. The Morgan fingerprint density at radius 2 is 2.00 bits per heavy atom. The number of ether oxygens (including phenoxy) is 2. The first-order chi connectivity index (χ1) is 8.76. The Hall–Kier alpha value is -1.42. The number of hydrogen-bond donors (Lipinski definition) is 2. The van der Waals surface area contributed by atoms with Crippen LogP contribution in [0.5, 0.6) is 5.75 Å². The third-order valence-corrected chi connectivity index (χ3v) is 2.51. The minimum absolute atomic E-state index is 0.719. The van der Waals surface area contributed by atoms with Gasteiger partial charge in [0.1, 0.15) is 5.75 Å². The van der Waals surface area contributed by atoms with Crippen molar-refractivity contribution in [3.05, 3.63) is 18.2 Å². The first kappa shape index (κ1) is 14.6. The fourth-order valence-electron chi connectivity index (χ4n) is 1.63. The molecule has 18 heavy (non-hydrogen) atoms. The van der Waals surface area contributed by atoms with Crippen LogP contribution in [0.15, 0.2) is 18.2 Å². The molecule has 0 radical (unpaired) electrons. The van der Waals surface area contributed by atoms with Gasteiger partial charge in [-0.3, -0.25) is 0 Å². The summed E-state index contributed by atoms with van der Waals surface area (Å²) in [5, 5.41) is 3.35. The van der Waals surface area contributed by atoms with E-state index in [0.717, 1.165) is 56.1 Å². The predicted octanol–water partition coefficient (Wildman–Crippen LogP) is 2.90. The fourth-order valence-corrected chi connectivity index (χ4v) is 1.63. The number of methoxy groups -OCH3 is 1. The first-order valence-electron chi connectivity index (χ1n) is 6.52. The van der Waals surface area contributed by atoms with Gasteiger partial charge >= 0.3 is 0 Å². The summed E-state index contributed by atoms with van der Waals surface area (Å²) in [6.07, 6.45) is 3.13. The molecule has 0 spiro atoms. The molecule has 102 valence electrons. The van der Waals surface area contributed by atoms with Gasteiger partial charge in [0.25, 0.3) is 0 Å². The molecule has 0 saturated heterocycles. The molecule has 4 nitrogen and oxygen atoms in total. The van der Waals surface area contributed by atoms with Crippen LogP contribution in [-0.2, 0) is 4.74 Å². The average Bonchev–Trinajstić information content (AvgIpc) is 2.35. The number of nitrogen functional groups attached to an aromatic ring is 1. The summed E-state index contributed by atoms with van der Waals surface area (Å²) < 4.78 is 10.6. The third-order valence-electron chi connectivity index (χ3n) is 2.51. The summed E-state index contributed by atoms with van der Waals surface area (Å²) in [5.74, 6) is 0.830. The molecule has 0 atom stereocenters. The summed E-state index contributed by atoms with van der Waals surface area (Å²) in [4.78, 5) is 0. The summed E-state index contributed by atoms with van der Waals surface area (Å²) in [5.41, 5.74) is 7.58.